The summed E-state index contributed by atoms with van der Waals surface area (Å²) < 4.78 is 0. The van der Waals surface area contributed by atoms with Crippen LogP contribution in [0.4, 0.5) is 0 Å². The SMILES string of the molecule is CC12C=CC=C3c4ccccc4-c4cccc5cc(-c6cc7c(C8=CCCC=C8)cc(C8C=CC=CC8)cc7c7ccccc67)c(c(c45)C31)C=C2. The first-order valence-corrected chi connectivity index (χ1v) is 18.6. The van der Waals surface area contributed by atoms with Gasteiger partial charge >= 0.3 is 0 Å². The zero-order valence-electron chi connectivity index (χ0n) is 28.9. The van der Waals surface area contributed by atoms with Crippen molar-refractivity contribution in [1.82, 2.24) is 0 Å². The van der Waals surface area contributed by atoms with Crippen LogP contribution >= 0.6 is 0 Å². The summed E-state index contributed by atoms with van der Waals surface area (Å²) in [4.78, 5) is 0. The third-order valence-electron chi connectivity index (χ3n) is 12.3. The van der Waals surface area contributed by atoms with Gasteiger partial charge in [0, 0.05) is 17.3 Å². The molecule has 0 saturated carbocycles. The first kappa shape index (κ1) is 29.1. The quantitative estimate of drug-likeness (QED) is 0.167. The van der Waals surface area contributed by atoms with Crippen molar-refractivity contribution in [3.05, 3.63) is 186 Å². The van der Waals surface area contributed by atoms with E-state index < -0.39 is 0 Å². The Kier molecular flexibility index (Phi) is 6.20. The maximum absolute atomic E-state index is 2.54. The second-order valence-electron chi connectivity index (χ2n) is 15.2. The number of fused-ring (bicyclic) bond motifs is 6. The van der Waals surface area contributed by atoms with E-state index in [4.69, 9.17) is 0 Å². The van der Waals surface area contributed by atoms with Gasteiger partial charge in [0.25, 0.3) is 0 Å². The minimum atomic E-state index is -0.106. The molecule has 5 aliphatic rings. The summed E-state index contributed by atoms with van der Waals surface area (Å²) in [6.45, 7) is 2.42. The molecule has 0 fully saturated rings. The molecule has 11 rings (SSSR count). The monoisotopic (exact) mass is 650 g/mol. The topological polar surface area (TPSA) is 0 Å². The van der Waals surface area contributed by atoms with Crippen molar-refractivity contribution in [1.29, 1.82) is 0 Å². The minimum absolute atomic E-state index is 0.106. The average Bonchev–Trinajstić information content (AvgIpc) is 3.32. The molecular formula is C51H38. The number of rotatable bonds is 3. The molecule has 0 nitrogen and oxygen atoms in total. The van der Waals surface area contributed by atoms with Crippen LogP contribution in [-0.2, 0) is 0 Å². The summed E-state index contributed by atoms with van der Waals surface area (Å²) in [5, 5.41) is 8.06. The molecule has 3 atom stereocenters. The molecule has 0 heterocycles. The van der Waals surface area contributed by atoms with Crippen LogP contribution in [0.1, 0.15) is 65.8 Å². The van der Waals surface area contributed by atoms with Gasteiger partial charge in [0.05, 0.1) is 0 Å². The molecule has 0 amide bonds. The van der Waals surface area contributed by atoms with Crippen molar-refractivity contribution in [2.24, 2.45) is 5.41 Å². The summed E-state index contributed by atoms with van der Waals surface area (Å²) in [5.41, 5.74) is 15.0. The second kappa shape index (κ2) is 10.9. The molecule has 0 aromatic heterocycles. The van der Waals surface area contributed by atoms with Crippen LogP contribution in [-0.4, -0.2) is 0 Å². The molecule has 0 saturated heterocycles. The Bertz CT molecular complexity index is 2730. The van der Waals surface area contributed by atoms with Gasteiger partial charge in [-0.15, -0.1) is 0 Å². The predicted octanol–water partition coefficient (Wildman–Crippen LogP) is 13.9. The van der Waals surface area contributed by atoms with Gasteiger partial charge in [0.1, 0.15) is 0 Å². The minimum Gasteiger partial charge on any atom is -0.0836 e. The summed E-state index contributed by atoms with van der Waals surface area (Å²) >= 11 is 0. The molecule has 6 aromatic rings. The van der Waals surface area contributed by atoms with Crippen LogP contribution in [0, 0.1) is 5.41 Å². The van der Waals surface area contributed by atoms with E-state index in [1.807, 2.05) is 0 Å². The van der Waals surface area contributed by atoms with Crippen molar-refractivity contribution in [3.63, 3.8) is 0 Å². The van der Waals surface area contributed by atoms with E-state index >= 15 is 0 Å². The molecule has 0 aliphatic heterocycles. The Morgan fingerprint density at radius 2 is 1.47 bits per heavy atom. The average molecular weight is 651 g/mol. The Morgan fingerprint density at radius 1 is 0.608 bits per heavy atom. The van der Waals surface area contributed by atoms with E-state index in [1.54, 1.807) is 0 Å². The van der Waals surface area contributed by atoms with E-state index in [0.29, 0.717) is 5.92 Å². The number of benzene rings is 6. The normalized spacial score (nSPS) is 22.3. The van der Waals surface area contributed by atoms with Gasteiger partial charge in [-0.25, -0.2) is 0 Å². The van der Waals surface area contributed by atoms with Crippen LogP contribution in [0.15, 0.2) is 158 Å². The van der Waals surface area contributed by atoms with Gasteiger partial charge in [-0.1, -0.05) is 147 Å². The van der Waals surface area contributed by atoms with E-state index in [9.17, 15) is 0 Å². The second-order valence-corrected chi connectivity index (χ2v) is 15.2. The molecule has 0 bridgehead atoms. The van der Waals surface area contributed by atoms with Crippen molar-refractivity contribution < 1.29 is 0 Å². The van der Waals surface area contributed by atoms with E-state index in [1.165, 1.54) is 93.5 Å². The highest BCUT2D eigenvalue weighted by atomic mass is 14.5. The van der Waals surface area contributed by atoms with E-state index in [-0.39, 0.29) is 11.3 Å². The van der Waals surface area contributed by atoms with Gasteiger partial charge in [-0.05, 0) is 137 Å². The van der Waals surface area contributed by atoms with Crippen LogP contribution in [0.3, 0.4) is 0 Å². The van der Waals surface area contributed by atoms with Crippen LogP contribution in [0.25, 0.3) is 71.8 Å². The van der Waals surface area contributed by atoms with Gasteiger partial charge in [-0.2, -0.15) is 0 Å². The fraction of sp³-hybridized carbons (Fsp3) is 0.137. The lowest BCUT2D eigenvalue weighted by Crippen LogP contribution is -2.27. The van der Waals surface area contributed by atoms with Crippen LogP contribution < -0.4 is 0 Å². The summed E-state index contributed by atoms with van der Waals surface area (Å²) in [7, 11) is 0. The summed E-state index contributed by atoms with van der Waals surface area (Å²) in [6.07, 6.45) is 31.5. The molecular weight excluding hydrogens is 613 g/mol. The largest absolute Gasteiger partial charge is 0.0836 e. The maximum atomic E-state index is 2.54. The first-order chi connectivity index (χ1) is 25.2. The number of hydrogen-bond acceptors (Lipinski definition) is 0. The zero-order chi connectivity index (χ0) is 33.7. The van der Waals surface area contributed by atoms with Gasteiger partial charge in [0.2, 0.25) is 0 Å². The maximum Gasteiger partial charge on any atom is 0.0231 e. The lowest BCUT2D eigenvalue weighted by molar-refractivity contribution is 0.494. The van der Waals surface area contributed by atoms with Crippen LogP contribution in [0.2, 0.25) is 0 Å². The van der Waals surface area contributed by atoms with Crippen molar-refractivity contribution in [2.75, 3.05) is 0 Å². The molecule has 242 valence electrons. The Hall–Kier alpha value is -5.72. The molecule has 51 heavy (non-hydrogen) atoms. The smallest absolute Gasteiger partial charge is 0.0231 e. The number of hydrogen-bond donors (Lipinski definition) is 0. The van der Waals surface area contributed by atoms with Gasteiger partial charge in [0.15, 0.2) is 0 Å². The molecule has 0 N–H and O–H groups in total. The van der Waals surface area contributed by atoms with E-state index in [0.717, 1.165) is 19.3 Å². The molecule has 0 heteroatoms. The Morgan fingerprint density at radius 3 is 2.33 bits per heavy atom. The zero-order valence-corrected chi connectivity index (χ0v) is 28.9. The highest BCUT2D eigenvalue weighted by Crippen LogP contribution is 2.60. The molecule has 5 aliphatic carbocycles. The first-order valence-electron chi connectivity index (χ1n) is 18.6. The van der Waals surface area contributed by atoms with Crippen molar-refractivity contribution in [2.45, 2.75) is 38.0 Å². The third-order valence-corrected chi connectivity index (χ3v) is 12.3. The molecule has 0 spiro atoms. The molecule has 0 radical (unpaired) electrons. The Balaban J connectivity index is 1.26. The standard InChI is InChI=1S/C51H38/c1-51-26-13-24-42-37-20-9-8-19-36(37)40-23-12-18-34-28-45(41(25-27-51)49(48(34)40)50(42)51)46-31-47-43(33-16-6-3-7-17-33)29-35(32-14-4-2-5-15-32)30-44(47)38-21-10-11-22-39(38)46/h2,4-6,8-14,16-32,50H,3,7,15H2,1H3. The third kappa shape index (κ3) is 4.20. The fourth-order valence-electron chi connectivity index (χ4n) is 9.96. The summed E-state index contributed by atoms with van der Waals surface area (Å²) in [5.74, 6) is 0.617. The van der Waals surface area contributed by atoms with Crippen LogP contribution in [0.5, 0.6) is 0 Å². The number of allylic oxidation sites excluding steroid dienone is 13. The predicted molar refractivity (Wildman–Crippen MR) is 219 cm³/mol. The fourth-order valence-corrected chi connectivity index (χ4v) is 9.96. The highest BCUT2D eigenvalue weighted by molar-refractivity contribution is 6.19. The summed E-state index contributed by atoms with van der Waals surface area (Å²) in [6, 6.07) is 35.2. The van der Waals surface area contributed by atoms with E-state index in [2.05, 4.69) is 171 Å². The Labute approximate surface area is 299 Å². The lowest BCUT2D eigenvalue weighted by atomic mass is 9.61. The van der Waals surface area contributed by atoms with Crippen molar-refractivity contribution in [3.8, 4) is 22.3 Å². The van der Waals surface area contributed by atoms with Crippen molar-refractivity contribution >= 4 is 49.5 Å². The van der Waals surface area contributed by atoms with Gasteiger partial charge in [-0.3, -0.25) is 0 Å². The van der Waals surface area contributed by atoms with Gasteiger partial charge < -0.3 is 0 Å². The molecule has 3 unspecified atom stereocenters. The highest BCUT2D eigenvalue weighted by Gasteiger charge is 2.43. The lowest BCUT2D eigenvalue weighted by Gasteiger charge is -2.41. The molecule has 6 aromatic carbocycles.